The summed E-state index contributed by atoms with van der Waals surface area (Å²) >= 11 is 0. The molecule has 2 heterocycles. The molecular weight excluding hydrogens is 431 g/mol. The van der Waals surface area contributed by atoms with Crippen molar-refractivity contribution in [1.29, 1.82) is 0 Å². The number of amides is 1. The number of carbonyl (C=O) groups is 1. The van der Waals surface area contributed by atoms with Gasteiger partial charge in [-0.25, -0.2) is 8.42 Å². The van der Waals surface area contributed by atoms with Crippen LogP contribution in [0.3, 0.4) is 0 Å². The molecule has 0 N–H and O–H groups in total. The lowest BCUT2D eigenvalue weighted by molar-refractivity contribution is -0.145. The zero-order valence-electron chi connectivity index (χ0n) is 18.0. The van der Waals surface area contributed by atoms with Gasteiger partial charge in [-0.3, -0.25) is 9.69 Å². The second-order valence-electron chi connectivity index (χ2n) is 8.49. The molecule has 0 aromatic heterocycles. The van der Waals surface area contributed by atoms with Crippen LogP contribution in [0.2, 0.25) is 0 Å². The number of sulfonamides is 1. The first kappa shape index (κ1) is 24.0. The fraction of sp³-hybridized carbons (Fsp3) is 0.667. The molecule has 1 aromatic carbocycles. The standard InChI is InChI=1S/C21H30F3N3O3S/c1-16-4-5-19(14-17(16)2)31(29,30)27-10-6-18(7-11-27)20(28)26-9-3-8-25(12-13-26)15-21(22,23)24/h4-5,14,18H,3,6-13,15H2,1-2H3. The molecule has 174 valence electrons. The summed E-state index contributed by atoms with van der Waals surface area (Å²) in [4.78, 5) is 16.2. The summed E-state index contributed by atoms with van der Waals surface area (Å²) in [5.41, 5.74) is 1.93. The molecule has 0 bridgehead atoms. The van der Waals surface area contributed by atoms with E-state index >= 15 is 0 Å². The van der Waals surface area contributed by atoms with Crippen LogP contribution in [0.25, 0.3) is 0 Å². The Kier molecular flexibility index (Phi) is 7.32. The normalized spacial score (nSPS) is 20.6. The van der Waals surface area contributed by atoms with Crippen molar-refractivity contribution in [1.82, 2.24) is 14.1 Å². The summed E-state index contributed by atoms with van der Waals surface area (Å²) in [7, 11) is -3.61. The summed E-state index contributed by atoms with van der Waals surface area (Å²) in [6.07, 6.45) is -2.90. The highest BCUT2D eigenvalue weighted by Crippen LogP contribution is 2.27. The molecule has 0 aliphatic carbocycles. The van der Waals surface area contributed by atoms with Crippen LogP contribution in [-0.2, 0) is 14.8 Å². The number of nitrogens with zero attached hydrogens (tertiary/aromatic N) is 3. The minimum Gasteiger partial charge on any atom is -0.341 e. The molecular formula is C21H30F3N3O3S. The van der Waals surface area contributed by atoms with Crippen LogP contribution in [0.4, 0.5) is 13.2 Å². The highest BCUT2D eigenvalue weighted by atomic mass is 32.2. The number of alkyl halides is 3. The Morgan fingerprint density at radius 1 is 1.00 bits per heavy atom. The van der Waals surface area contributed by atoms with Crippen LogP contribution in [0.5, 0.6) is 0 Å². The number of carbonyl (C=O) groups excluding carboxylic acids is 1. The van der Waals surface area contributed by atoms with Gasteiger partial charge in [0.1, 0.15) is 0 Å². The number of benzene rings is 1. The van der Waals surface area contributed by atoms with Gasteiger partial charge in [0, 0.05) is 45.2 Å². The fourth-order valence-corrected chi connectivity index (χ4v) is 5.78. The lowest BCUT2D eigenvalue weighted by Crippen LogP contribution is -2.45. The molecule has 0 unspecified atom stereocenters. The molecule has 31 heavy (non-hydrogen) atoms. The molecule has 3 rings (SSSR count). The van der Waals surface area contributed by atoms with E-state index < -0.39 is 22.7 Å². The third-order valence-electron chi connectivity index (χ3n) is 6.22. The van der Waals surface area contributed by atoms with Crippen molar-refractivity contribution in [3.05, 3.63) is 29.3 Å². The molecule has 0 radical (unpaired) electrons. The minimum absolute atomic E-state index is 0.0721. The van der Waals surface area contributed by atoms with E-state index in [4.69, 9.17) is 0 Å². The molecule has 10 heteroatoms. The average Bonchev–Trinajstić information content (AvgIpc) is 2.93. The first-order valence-corrected chi connectivity index (χ1v) is 12.1. The number of piperidine rings is 1. The fourth-order valence-electron chi connectivity index (χ4n) is 4.23. The van der Waals surface area contributed by atoms with Gasteiger partial charge in [-0.05, 0) is 56.4 Å². The van der Waals surface area contributed by atoms with Gasteiger partial charge in [0.25, 0.3) is 0 Å². The number of rotatable bonds is 4. The second kappa shape index (κ2) is 9.46. The van der Waals surface area contributed by atoms with Gasteiger partial charge >= 0.3 is 6.18 Å². The Morgan fingerprint density at radius 2 is 1.68 bits per heavy atom. The van der Waals surface area contributed by atoms with Gasteiger partial charge in [0.05, 0.1) is 11.4 Å². The van der Waals surface area contributed by atoms with Crippen LogP contribution in [0.15, 0.2) is 23.1 Å². The van der Waals surface area contributed by atoms with Crippen LogP contribution in [0.1, 0.15) is 30.4 Å². The summed E-state index contributed by atoms with van der Waals surface area (Å²) in [6.45, 7) is 4.60. The lowest BCUT2D eigenvalue weighted by Gasteiger charge is -2.33. The summed E-state index contributed by atoms with van der Waals surface area (Å²) in [5.74, 6) is -0.363. The summed E-state index contributed by atoms with van der Waals surface area (Å²) in [5, 5.41) is 0. The van der Waals surface area contributed by atoms with E-state index in [1.54, 1.807) is 23.1 Å². The smallest absolute Gasteiger partial charge is 0.341 e. The Bertz CT molecular complexity index is 897. The zero-order valence-corrected chi connectivity index (χ0v) is 18.8. The molecule has 6 nitrogen and oxygen atoms in total. The van der Waals surface area contributed by atoms with Crippen molar-refractivity contribution in [2.45, 2.75) is 44.2 Å². The SMILES string of the molecule is Cc1ccc(S(=O)(=O)N2CCC(C(=O)N3CCCN(CC(F)(F)F)CC3)CC2)cc1C. The Balaban J connectivity index is 1.56. The van der Waals surface area contributed by atoms with Crippen molar-refractivity contribution in [3.8, 4) is 0 Å². The third-order valence-corrected chi connectivity index (χ3v) is 8.12. The van der Waals surface area contributed by atoms with Crippen molar-refractivity contribution in [2.24, 2.45) is 5.92 Å². The highest BCUT2D eigenvalue weighted by Gasteiger charge is 2.35. The first-order valence-electron chi connectivity index (χ1n) is 10.6. The van der Waals surface area contributed by atoms with E-state index in [-0.39, 0.29) is 42.9 Å². The molecule has 1 aromatic rings. The number of hydrogen-bond donors (Lipinski definition) is 0. The lowest BCUT2D eigenvalue weighted by atomic mass is 9.96. The Hall–Kier alpha value is -1.65. The van der Waals surface area contributed by atoms with Crippen LogP contribution >= 0.6 is 0 Å². The highest BCUT2D eigenvalue weighted by molar-refractivity contribution is 7.89. The minimum atomic E-state index is -4.24. The molecule has 0 atom stereocenters. The number of halogens is 3. The Morgan fingerprint density at radius 3 is 2.29 bits per heavy atom. The molecule has 2 aliphatic heterocycles. The quantitative estimate of drug-likeness (QED) is 0.692. The van der Waals surface area contributed by atoms with E-state index in [9.17, 15) is 26.4 Å². The third kappa shape index (κ3) is 5.98. The predicted octanol–water partition coefficient (Wildman–Crippen LogP) is 2.80. The second-order valence-corrected chi connectivity index (χ2v) is 10.4. The van der Waals surface area contributed by atoms with Gasteiger partial charge in [0.15, 0.2) is 0 Å². The van der Waals surface area contributed by atoms with Crippen molar-refractivity contribution < 1.29 is 26.4 Å². The van der Waals surface area contributed by atoms with Crippen molar-refractivity contribution in [3.63, 3.8) is 0 Å². The van der Waals surface area contributed by atoms with E-state index in [2.05, 4.69) is 0 Å². The number of hydrogen-bond acceptors (Lipinski definition) is 4. The summed E-state index contributed by atoms with van der Waals surface area (Å²) in [6, 6.07) is 5.07. The van der Waals surface area contributed by atoms with Crippen molar-refractivity contribution >= 4 is 15.9 Å². The molecule has 2 aliphatic rings. The van der Waals surface area contributed by atoms with E-state index in [0.29, 0.717) is 32.4 Å². The maximum atomic E-state index is 13.0. The number of aryl methyl sites for hydroxylation is 2. The first-order chi connectivity index (χ1) is 14.5. The van der Waals surface area contributed by atoms with Gasteiger partial charge in [-0.15, -0.1) is 0 Å². The average molecular weight is 462 g/mol. The van der Waals surface area contributed by atoms with Crippen molar-refractivity contribution in [2.75, 3.05) is 45.8 Å². The molecule has 1 amide bonds. The molecule has 2 saturated heterocycles. The van der Waals surface area contributed by atoms with Gasteiger partial charge in [-0.1, -0.05) is 6.07 Å². The maximum Gasteiger partial charge on any atom is 0.401 e. The van der Waals surface area contributed by atoms with Crippen LogP contribution in [-0.4, -0.2) is 80.4 Å². The zero-order chi connectivity index (χ0) is 22.8. The van der Waals surface area contributed by atoms with E-state index in [1.807, 2.05) is 13.8 Å². The van der Waals surface area contributed by atoms with Gasteiger partial charge in [-0.2, -0.15) is 17.5 Å². The largest absolute Gasteiger partial charge is 0.401 e. The summed E-state index contributed by atoms with van der Waals surface area (Å²) < 4.78 is 65.3. The molecule has 2 fully saturated rings. The topological polar surface area (TPSA) is 60.9 Å². The monoisotopic (exact) mass is 461 g/mol. The van der Waals surface area contributed by atoms with Crippen LogP contribution in [0, 0.1) is 19.8 Å². The molecule has 0 spiro atoms. The van der Waals surface area contributed by atoms with Gasteiger partial charge < -0.3 is 4.90 Å². The molecule has 0 saturated carbocycles. The van der Waals surface area contributed by atoms with Crippen LogP contribution < -0.4 is 0 Å². The van der Waals surface area contributed by atoms with E-state index in [1.165, 1.54) is 9.21 Å². The van der Waals surface area contributed by atoms with E-state index in [0.717, 1.165) is 11.1 Å². The predicted molar refractivity (Wildman–Crippen MR) is 111 cm³/mol. The Labute approximate surface area is 182 Å². The maximum absolute atomic E-state index is 13.0. The van der Waals surface area contributed by atoms with Gasteiger partial charge in [0.2, 0.25) is 15.9 Å².